The first-order valence-electron chi connectivity index (χ1n) is 12.8. The molecular formula is C27H29F3N8O. The first-order chi connectivity index (χ1) is 18.5. The predicted octanol–water partition coefficient (Wildman–Crippen LogP) is 4.88. The molecule has 0 atom stereocenters. The predicted molar refractivity (Wildman–Crippen MR) is 138 cm³/mol. The van der Waals surface area contributed by atoms with E-state index in [9.17, 15) is 13.2 Å². The lowest BCUT2D eigenvalue weighted by Gasteiger charge is -2.39. The van der Waals surface area contributed by atoms with Crippen molar-refractivity contribution in [3.8, 4) is 28.7 Å². The molecule has 0 radical (unpaired) electrons. The standard InChI is InChI=1S/C27H29F3N8O/c1-26(2)13-38(16-8-9-18(31-10-16)24-34-19(12-36(24)3)27(28,29)30)11-17-22(35-37(4)23(17)26)20-21(15-6-7-15)32-14-33-25(20)39-5/h8-10,12,14-15H,6-7,11,13H2,1-5H3. The number of halogens is 3. The Kier molecular flexibility index (Phi) is 5.70. The van der Waals surface area contributed by atoms with E-state index in [2.05, 4.69) is 38.7 Å². The van der Waals surface area contributed by atoms with E-state index in [0.29, 0.717) is 30.6 Å². The van der Waals surface area contributed by atoms with Gasteiger partial charge in [0.15, 0.2) is 11.5 Å². The number of anilines is 1. The van der Waals surface area contributed by atoms with E-state index >= 15 is 0 Å². The van der Waals surface area contributed by atoms with Gasteiger partial charge in [-0.15, -0.1) is 0 Å². The summed E-state index contributed by atoms with van der Waals surface area (Å²) in [5, 5.41) is 4.96. The lowest BCUT2D eigenvalue weighted by atomic mass is 9.81. The zero-order valence-corrected chi connectivity index (χ0v) is 22.4. The summed E-state index contributed by atoms with van der Waals surface area (Å²) < 4.78 is 48.4. The summed E-state index contributed by atoms with van der Waals surface area (Å²) in [5.74, 6) is 1.05. The Morgan fingerprint density at radius 1 is 1.08 bits per heavy atom. The third kappa shape index (κ3) is 4.31. The number of ether oxygens (including phenoxy) is 1. The van der Waals surface area contributed by atoms with Crippen molar-refractivity contribution in [1.82, 2.24) is 34.3 Å². The number of imidazole rings is 1. The van der Waals surface area contributed by atoms with Crippen LogP contribution in [0.4, 0.5) is 18.9 Å². The fourth-order valence-corrected chi connectivity index (χ4v) is 5.72. The summed E-state index contributed by atoms with van der Waals surface area (Å²) in [6.07, 6.45) is 1.86. The highest BCUT2D eigenvalue weighted by Crippen LogP contribution is 2.48. The summed E-state index contributed by atoms with van der Waals surface area (Å²) in [4.78, 5) is 19.5. The maximum atomic E-state index is 13.1. The number of rotatable bonds is 5. The second-order valence-corrected chi connectivity index (χ2v) is 10.9. The zero-order valence-electron chi connectivity index (χ0n) is 22.4. The van der Waals surface area contributed by atoms with Crippen LogP contribution in [0.1, 0.15) is 55.3 Å². The SMILES string of the molecule is COc1ncnc(C2CC2)c1-c1nn(C)c2c1CN(c1ccc(-c3nc(C(F)(F)F)cn3C)nc1)CC2(C)C. The van der Waals surface area contributed by atoms with Crippen LogP contribution in [0.5, 0.6) is 5.88 Å². The topological polar surface area (TPSA) is 86.8 Å². The van der Waals surface area contributed by atoms with Crippen molar-refractivity contribution in [2.75, 3.05) is 18.6 Å². The summed E-state index contributed by atoms with van der Waals surface area (Å²) in [6, 6.07) is 3.59. The third-order valence-electron chi connectivity index (χ3n) is 7.47. The van der Waals surface area contributed by atoms with Crippen molar-refractivity contribution in [2.45, 2.75) is 50.7 Å². The molecule has 0 aromatic carbocycles. The van der Waals surface area contributed by atoms with Crippen LogP contribution in [0.15, 0.2) is 30.9 Å². The molecule has 12 heteroatoms. The molecular weight excluding hydrogens is 509 g/mol. The van der Waals surface area contributed by atoms with E-state index in [-0.39, 0.29) is 11.2 Å². The van der Waals surface area contributed by atoms with Crippen molar-refractivity contribution in [3.05, 3.63) is 53.5 Å². The maximum absolute atomic E-state index is 13.1. The minimum Gasteiger partial charge on any atom is -0.480 e. The lowest BCUT2D eigenvalue weighted by molar-refractivity contribution is -0.140. The number of fused-ring (bicyclic) bond motifs is 1. The molecule has 2 aliphatic rings. The van der Waals surface area contributed by atoms with Gasteiger partial charge in [-0.25, -0.2) is 15.0 Å². The van der Waals surface area contributed by atoms with Crippen LogP contribution in [0.25, 0.3) is 22.8 Å². The van der Waals surface area contributed by atoms with Gasteiger partial charge in [0.05, 0.1) is 35.9 Å². The number of nitrogens with zero attached hydrogens (tertiary/aromatic N) is 8. The van der Waals surface area contributed by atoms with E-state index in [1.54, 1.807) is 25.7 Å². The fourth-order valence-electron chi connectivity index (χ4n) is 5.72. The molecule has 39 heavy (non-hydrogen) atoms. The van der Waals surface area contributed by atoms with Crippen molar-refractivity contribution in [2.24, 2.45) is 14.1 Å². The Balaban J connectivity index is 1.38. The average molecular weight is 539 g/mol. The molecule has 6 rings (SSSR count). The van der Waals surface area contributed by atoms with Gasteiger partial charge in [0.2, 0.25) is 5.88 Å². The Morgan fingerprint density at radius 3 is 2.46 bits per heavy atom. The van der Waals surface area contributed by atoms with E-state index < -0.39 is 11.9 Å². The van der Waals surface area contributed by atoms with Crippen molar-refractivity contribution < 1.29 is 17.9 Å². The number of pyridine rings is 1. The van der Waals surface area contributed by atoms with Gasteiger partial charge in [-0.3, -0.25) is 9.67 Å². The molecule has 1 aliphatic carbocycles. The minimum atomic E-state index is -4.51. The minimum absolute atomic E-state index is 0.161. The lowest BCUT2D eigenvalue weighted by Crippen LogP contribution is -2.43. The Morgan fingerprint density at radius 2 is 1.85 bits per heavy atom. The van der Waals surface area contributed by atoms with E-state index in [1.165, 1.54) is 11.6 Å². The fraction of sp³-hybridized carbons (Fsp3) is 0.444. The normalized spacial score (nSPS) is 16.9. The van der Waals surface area contributed by atoms with Gasteiger partial charge in [-0.2, -0.15) is 18.3 Å². The molecule has 4 aromatic heterocycles. The second kappa shape index (κ2) is 8.78. The van der Waals surface area contributed by atoms with Crippen molar-refractivity contribution in [1.29, 1.82) is 0 Å². The Labute approximate surface area is 223 Å². The first-order valence-corrected chi connectivity index (χ1v) is 12.8. The van der Waals surface area contributed by atoms with Gasteiger partial charge in [-0.05, 0) is 25.0 Å². The zero-order chi connectivity index (χ0) is 27.7. The van der Waals surface area contributed by atoms with Crippen LogP contribution in [0.2, 0.25) is 0 Å². The smallest absolute Gasteiger partial charge is 0.434 e. The van der Waals surface area contributed by atoms with Crippen molar-refractivity contribution in [3.63, 3.8) is 0 Å². The summed E-state index contributed by atoms with van der Waals surface area (Å²) >= 11 is 0. The van der Waals surface area contributed by atoms with E-state index in [4.69, 9.17) is 9.84 Å². The molecule has 204 valence electrons. The van der Waals surface area contributed by atoms with E-state index in [0.717, 1.165) is 52.9 Å². The highest BCUT2D eigenvalue weighted by atomic mass is 19.4. The first kappa shape index (κ1) is 25.3. The monoisotopic (exact) mass is 538 g/mol. The molecule has 0 N–H and O–H groups in total. The van der Waals surface area contributed by atoms with Gasteiger partial charge >= 0.3 is 6.18 Å². The Bertz CT molecular complexity index is 1550. The maximum Gasteiger partial charge on any atom is 0.434 e. The quantitative estimate of drug-likeness (QED) is 0.358. The number of hydrogen-bond acceptors (Lipinski definition) is 7. The molecule has 9 nitrogen and oxygen atoms in total. The molecule has 1 saturated carbocycles. The highest BCUT2D eigenvalue weighted by Gasteiger charge is 2.40. The summed E-state index contributed by atoms with van der Waals surface area (Å²) in [6.45, 7) is 5.64. The molecule has 0 spiro atoms. The average Bonchev–Trinajstić information content (AvgIpc) is 3.57. The van der Waals surface area contributed by atoms with E-state index in [1.807, 2.05) is 17.8 Å². The number of alkyl halides is 3. The van der Waals surface area contributed by atoms with Gasteiger partial charge in [-0.1, -0.05) is 13.8 Å². The Hall–Kier alpha value is -3.96. The van der Waals surface area contributed by atoms with Crippen LogP contribution >= 0.6 is 0 Å². The third-order valence-corrected chi connectivity index (χ3v) is 7.47. The summed E-state index contributed by atoms with van der Waals surface area (Å²) in [5.41, 5.74) is 4.89. The number of hydrogen-bond donors (Lipinski definition) is 0. The van der Waals surface area contributed by atoms with Crippen LogP contribution in [-0.2, 0) is 32.2 Å². The molecule has 5 heterocycles. The molecule has 0 unspecified atom stereocenters. The van der Waals surface area contributed by atoms with Crippen LogP contribution in [0, 0.1) is 0 Å². The van der Waals surface area contributed by atoms with Gasteiger partial charge in [0.1, 0.15) is 17.7 Å². The van der Waals surface area contributed by atoms with Gasteiger partial charge < -0.3 is 14.2 Å². The molecule has 0 saturated heterocycles. The van der Waals surface area contributed by atoms with Crippen LogP contribution in [0.3, 0.4) is 0 Å². The molecule has 1 aliphatic heterocycles. The molecule has 0 bridgehead atoms. The number of aromatic nitrogens is 7. The van der Waals surface area contributed by atoms with Crippen LogP contribution in [-0.4, -0.2) is 47.9 Å². The molecule has 1 fully saturated rings. The largest absolute Gasteiger partial charge is 0.480 e. The van der Waals surface area contributed by atoms with Gasteiger partial charge in [0.25, 0.3) is 0 Å². The highest BCUT2D eigenvalue weighted by molar-refractivity contribution is 5.74. The van der Waals surface area contributed by atoms with Crippen LogP contribution < -0.4 is 9.64 Å². The molecule has 4 aromatic rings. The number of aryl methyl sites for hydroxylation is 2. The van der Waals surface area contributed by atoms with Crippen molar-refractivity contribution >= 4 is 5.69 Å². The van der Waals surface area contributed by atoms with Gasteiger partial charge in [0, 0.05) is 50.3 Å². The summed E-state index contributed by atoms with van der Waals surface area (Å²) in [7, 11) is 5.11. The second-order valence-electron chi connectivity index (χ2n) is 10.9. The number of methoxy groups -OCH3 is 1. The molecule has 0 amide bonds.